The molecule has 0 amide bonds. The van der Waals surface area contributed by atoms with Gasteiger partial charge in [-0.15, -0.1) is 0 Å². The molecule has 1 heterocycles. The van der Waals surface area contributed by atoms with Crippen LogP contribution in [0, 0.1) is 0 Å². The molecule has 19 heavy (non-hydrogen) atoms. The Balaban J connectivity index is 2.04. The summed E-state index contributed by atoms with van der Waals surface area (Å²) in [7, 11) is 0. The third-order valence-corrected chi connectivity index (χ3v) is 2.75. The molecular formula is C12H13F3N4. The van der Waals surface area contributed by atoms with Crippen LogP contribution in [0.1, 0.15) is 29.9 Å². The molecule has 0 spiro atoms. The second kappa shape index (κ2) is 5.40. The predicted molar refractivity (Wildman–Crippen MR) is 63.1 cm³/mol. The highest BCUT2D eigenvalue weighted by atomic mass is 19.4. The lowest BCUT2D eigenvalue weighted by atomic mass is 10.0. The lowest BCUT2D eigenvalue weighted by Gasteiger charge is -2.15. The molecule has 1 unspecified atom stereocenters. The van der Waals surface area contributed by atoms with Crippen LogP contribution in [-0.4, -0.2) is 15.2 Å². The second-order valence-electron chi connectivity index (χ2n) is 4.16. The van der Waals surface area contributed by atoms with E-state index < -0.39 is 11.7 Å². The summed E-state index contributed by atoms with van der Waals surface area (Å²) in [6.07, 6.45) is -2.94. The van der Waals surface area contributed by atoms with Crippen LogP contribution in [0.25, 0.3) is 0 Å². The number of halogens is 3. The molecule has 0 aliphatic rings. The van der Waals surface area contributed by atoms with Crippen molar-refractivity contribution >= 4 is 0 Å². The first kappa shape index (κ1) is 13.5. The third-order valence-electron chi connectivity index (χ3n) is 2.75. The number of hydrogen-bond donors (Lipinski definition) is 2. The van der Waals surface area contributed by atoms with E-state index in [1.807, 2.05) is 0 Å². The van der Waals surface area contributed by atoms with Crippen molar-refractivity contribution in [1.82, 2.24) is 20.5 Å². The van der Waals surface area contributed by atoms with E-state index in [9.17, 15) is 13.2 Å². The van der Waals surface area contributed by atoms with Crippen molar-refractivity contribution in [2.24, 2.45) is 0 Å². The maximum Gasteiger partial charge on any atom is 0.416 e. The normalized spacial score (nSPS) is 13.5. The minimum Gasteiger partial charge on any atom is -0.303 e. The second-order valence-corrected chi connectivity index (χ2v) is 4.16. The van der Waals surface area contributed by atoms with E-state index in [-0.39, 0.29) is 6.04 Å². The number of aromatic amines is 1. The van der Waals surface area contributed by atoms with Crippen LogP contribution in [0.15, 0.2) is 30.6 Å². The van der Waals surface area contributed by atoms with E-state index in [0.717, 1.165) is 12.1 Å². The molecule has 102 valence electrons. The number of H-pyrrole nitrogens is 1. The number of rotatable bonds is 4. The van der Waals surface area contributed by atoms with Gasteiger partial charge in [-0.3, -0.25) is 5.10 Å². The summed E-state index contributed by atoms with van der Waals surface area (Å²) in [5, 5.41) is 9.45. The molecule has 2 aromatic rings. The number of benzene rings is 1. The van der Waals surface area contributed by atoms with Gasteiger partial charge in [-0.05, 0) is 24.6 Å². The van der Waals surface area contributed by atoms with Gasteiger partial charge in [0.05, 0.1) is 12.1 Å². The largest absolute Gasteiger partial charge is 0.416 e. The highest BCUT2D eigenvalue weighted by Gasteiger charge is 2.30. The molecule has 0 bridgehead atoms. The van der Waals surface area contributed by atoms with Gasteiger partial charge in [-0.1, -0.05) is 12.1 Å². The minimum atomic E-state index is -4.32. The first-order valence-electron chi connectivity index (χ1n) is 5.71. The van der Waals surface area contributed by atoms with Gasteiger partial charge in [0.2, 0.25) is 0 Å². The minimum absolute atomic E-state index is 0.215. The topological polar surface area (TPSA) is 53.6 Å². The van der Waals surface area contributed by atoms with Crippen molar-refractivity contribution in [3.8, 4) is 0 Å². The fourth-order valence-corrected chi connectivity index (χ4v) is 1.67. The van der Waals surface area contributed by atoms with Crippen molar-refractivity contribution in [2.45, 2.75) is 25.7 Å². The van der Waals surface area contributed by atoms with E-state index in [1.54, 1.807) is 13.0 Å². The molecule has 1 atom stereocenters. The summed E-state index contributed by atoms with van der Waals surface area (Å²) in [5.74, 6) is 0.638. The van der Waals surface area contributed by atoms with Gasteiger partial charge >= 0.3 is 6.18 Å². The van der Waals surface area contributed by atoms with E-state index >= 15 is 0 Å². The predicted octanol–water partition coefficient (Wildman–Crippen LogP) is 2.67. The number of alkyl halides is 3. The molecule has 0 radical (unpaired) electrons. The molecular weight excluding hydrogens is 257 g/mol. The molecule has 1 aromatic heterocycles. The monoisotopic (exact) mass is 270 g/mol. The fourth-order valence-electron chi connectivity index (χ4n) is 1.67. The molecule has 0 fully saturated rings. The summed E-state index contributed by atoms with van der Waals surface area (Å²) in [6, 6.07) is 5.07. The van der Waals surface area contributed by atoms with Crippen molar-refractivity contribution < 1.29 is 13.2 Å². The number of nitrogens with zero attached hydrogens (tertiary/aromatic N) is 2. The lowest BCUT2D eigenvalue weighted by Crippen LogP contribution is -2.19. The van der Waals surface area contributed by atoms with Crippen molar-refractivity contribution in [1.29, 1.82) is 0 Å². The van der Waals surface area contributed by atoms with Crippen LogP contribution < -0.4 is 5.32 Å². The standard InChI is InChI=1S/C12H13F3N4/c1-8(16-6-11-17-7-18-19-11)9-3-2-4-10(5-9)12(13,14)15/h2-5,7-8,16H,6H2,1H3,(H,17,18,19). The maximum atomic E-state index is 12.6. The number of aromatic nitrogens is 3. The molecule has 1 aromatic carbocycles. The Morgan fingerprint density at radius 1 is 1.37 bits per heavy atom. The van der Waals surface area contributed by atoms with Gasteiger partial charge in [-0.2, -0.15) is 18.3 Å². The summed E-state index contributed by atoms with van der Waals surface area (Å²) in [5.41, 5.74) is -0.0624. The molecule has 0 saturated heterocycles. The fraction of sp³-hybridized carbons (Fsp3) is 0.333. The van der Waals surface area contributed by atoms with Crippen LogP contribution in [0.2, 0.25) is 0 Å². The van der Waals surface area contributed by atoms with E-state index in [1.165, 1.54) is 12.4 Å². The summed E-state index contributed by atoms with van der Waals surface area (Å²) < 4.78 is 37.8. The Labute approximate surface area is 108 Å². The van der Waals surface area contributed by atoms with Gasteiger partial charge in [-0.25, -0.2) is 4.98 Å². The lowest BCUT2D eigenvalue weighted by molar-refractivity contribution is -0.137. The Bertz CT molecular complexity index is 522. The summed E-state index contributed by atoms with van der Waals surface area (Å²) >= 11 is 0. The van der Waals surface area contributed by atoms with E-state index in [4.69, 9.17) is 0 Å². The van der Waals surface area contributed by atoms with Crippen LogP contribution in [0.3, 0.4) is 0 Å². The average Bonchev–Trinajstić information content (AvgIpc) is 2.88. The quantitative estimate of drug-likeness (QED) is 0.898. The Morgan fingerprint density at radius 3 is 2.79 bits per heavy atom. The number of hydrogen-bond acceptors (Lipinski definition) is 3. The zero-order valence-corrected chi connectivity index (χ0v) is 10.2. The zero-order chi connectivity index (χ0) is 13.9. The maximum absolute atomic E-state index is 12.6. The Hall–Kier alpha value is -1.89. The zero-order valence-electron chi connectivity index (χ0n) is 10.2. The van der Waals surface area contributed by atoms with Gasteiger partial charge in [0.1, 0.15) is 12.2 Å². The SMILES string of the molecule is CC(NCc1ncn[nH]1)c1cccc(C(F)(F)F)c1. The van der Waals surface area contributed by atoms with Gasteiger partial charge in [0.25, 0.3) is 0 Å². The molecule has 0 aliphatic heterocycles. The highest BCUT2D eigenvalue weighted by molar-refractivity contribution is 5.27. The van der Waals surface area contributed by atoms with Crippen LogP contribution in [0.5, 0.6) is 0 Å². The molecule has 0 saturated carbocycles. The number of nitrogens with one attached hydrogen (secondary N) is 2. The van der Waals surface area contributed by atoms with Crippen molar-refractivity contribution in [3.05, 3.63) is 47.5 Å². The third kappa shape index (κ3) is 3.54. The van der Waals surface area contributed by atoms with Gasteiger partial charge in [0, 0.05) is 6.04 Å². The first-order valence-corrected chi connectivity index (χ1v) is 5.71. The Kier molecular flexibility index (Phi) is 3.84. The van der Waals surface area contributed by atoms with Gasteiger partial charge < -0.3 is 5.32 Å². The van der Waals surface area contributed by atoms with E-state index in [0.29, 0.717) is 17.9 Å². The molecule has 4 nitrogen and oxygen atoms in total. The van der Waals surface area contributed by atoms with Crippen LogP contribution in [-0.2, 0) is 12.7 Å². The Morgan fingerprint density at radius 2 is 2.16 bits per heavy atom. The molecule has 7 heteroatoms. The molecule has 0 aliphatic carbocycles. The van der Waals surface area contributed by atoms with Crippen molar-refractivity contribution in [3.63, 3.8) is 0 Å². The molecule has 2 rings (SSSR count). The smallest absolute Gasteiger partial charge is 0.303 e. The highest BCUT2D eigenvalue weighted by Crippen LogP contribution is 2.30. The average molecular weight is 270 g/mol. The van der Waals surface area contributed by atoms with Crippen LogP contribution in [0.4, 0.5) is 13.2 Å². The molecule has 2 N–H and O–H groups in total. The first-order chi connectivity index (χ1) is 8.97. The van der Waals surface area contributed by atoms with Gasteiger partial charge in [0.15, 0.2) is 0 Å². The summed E-state index contributed by atoms with van der Waals surface area (Å²) in [6.45, 7) is 2.21. The van der Waals surface area contributed by atoms with Crippen molar-refractivity contribution in [2.75, 3.05) is 0 Å². The van der Waals surface area contributed by atoms with Crippen LogP contribution >= 0.6 is 0 Å². The summed E-state index contributed by atoms with van der Waals surface area (Å²) in [4.78, 5) is 3.93. The van der Waals surface area contributed by atoms with E-state index in [2.05, 4.69) is 20.5 Å².